The van der Waals surface area contributed by atoms with E-state index in [4.69, 9.17) is 5.73 Å². The van der Waals surface area contributed by atoms with Crippen molar-refractivity contribution in [3.8, 4) is 0 Å². The van der Waals surface area contributed by atoms with E-state index in [9.17, 15) is 10.1 Å². The lowest BCUT2D eigenvalue weighted by Crippen LogP contribution is -2.04. The zero-order valence-electron chi connectivity index (χ0n) is 10.3. The lowest BCUT2D eigenvalue weighted by molar-refractivity contribution is -0.383. The van der Waals surface area contributed by atoms with Gasteiger partial charge in [0.25, 0.3) is 5.69 Å². The van der Waals surface area contributed by atoms with Gasteiger partial charge < -0.3 is 11.1 Å². The molecule has 0 bridgehead atoms. The van der Waals surface area contributed by atoms with Gasteiger partial charge in [0.05, 0.1) is 17.2 Å². The van der Waals surface area contributed by atoms with Crippen molar-refractivity contribution in [1.82, 2.24) is 9.97 Å². The number of nitrogen functional groups attached to an aromatic ring is 1. The maximum Gasteiger partial charge on any atom is 0.292 e. The molecule has 0 unspecified atom stereocenters. The van der Waals surface area contributed by atoms with Crippen LogP contribution in [0.4, 0.5) is 17.1 Å². The highest BCUT2D eigenvalue weighted by molar-refractivity contribution is 5.65. The molecule has 0 aliphatic heterocycles. The fraction of sp³-hybridized carbons (Fsp3) is 0.167. The maximum atomic E-state index is 10.6. The summed E-state index contributed by atoms with van der Waals surface area (Å²) >= 11 is 0. The molecule has 0 saturated carbocycles. The summed E-state index contributed by atoms with van der Waals surface area (Å²) < 4.78 is 0. The summed E-state index contributed by atoms with van der Waals surface area (Å²) in [4.78, 5) is 18.4. The van der Waals surface area contributed by atoms with Crippen LogP contribution < -0.4 is 11.1 Å². The largest absolute Gasteiger partial charge is 0.393 e. The van der Waals surface area contributed by atoms with Gasteiger partial charge in [-0.25, -0.2) is 9.97 Å². The first-order valence-corrected chi connectivity index (χ1v) is 5.62. The monoisotopic (exact) mass is 259 g/mol. The van der Waals surface area contributed by atoms with Crippen LogP contribution in [0.5, 0.6) is 0 Å². The normalized spacial score (nSPS) is 10.2. The van der Waals surface area contributed by atoms with Crippen molar-refractivity contribution in [2.45, 2.75) is 13.5 Å². The Morgan fingerprint density at radius 1 is 1.42 bits per heavy atom. The molecule has 7 nitrogen and oxygen atoms in total. The number of anilines is 2. The molecule has 0 aliphatic rings. The minimum atomic E-state index is -0.507. The fourth-order valence-electron chi connectivity index (χ4n) is 1.63. The molecule has 0 radical (unpaired) electrons. The molecule has 2 aromatic rings. The van der Waals surface area contributed by atoms with Gasteiger partial charge in [-0.2, -0.15) is 0 Å². The standard InChI is InChI=1S/C12H13N5O2/c1-8-14-5-4-10(16-8)7-15-9-2-3-12(17(18)19)11(13)6-9/h2-6,15H,7,13H2,1H3. The van der Waals surface area contributed by atoms with Gasteiger partial charge >= 0.3 is 0 Å². The number of rotatable bonds is 4. The Hall–Kier alpha value is -2.70. The fourth-order valence-corrected chi connectivity index (χ4v) is 1.63. The van der Waals surface area contributed by atoms with Crippen LogP contribution in [0.15, 0.2) is 30.5 Å². The molecule has 0 amide bonds. The molecule has 0 saturated heterocycles. The molecule has 7 heteroatoms. The van der Waals surface area contributed by atoms with Crippen molar-refractivity contribution in [1.29, 1.82) is 0 Å². The van der Waals surface area contributed by atoms with Gasteiger partial charge in [0, 0.05) is 18.0 Å². The summed E-state index contributed by atoms with van der Waals surface area (Å²) in [5.74, 6) is 0.697. The molecule has 0 aliphatic carbocycles. The summed E-state index contributed by atoms with van der Waals surface area (Å²) in [5.41, 5.74) is 7.19. The van der Waals surface area contributed by atoms with Crippen molar-refractivity contribution in [2.75, 3.05) is 11.1 Å². The summed E-state index contributed by atoms with van der Waals surface area (Å²) in [6, 6.07) is 6.33. The van der Waals surface area contributed by atoms with Gasteiger partial charge in [-0.1, -0.05) is 0 Å². The second kappa shape index (κ2) is 5.30. The van der Waals surface area contributed by atoms with E-state index in [1.165, 1.54) is 12.1 Å². The molecule has 1 aromatic carbocycles. The average molecular weight is 259 g/mol. The lowest BCUT2D eigenvalue weighted by atomic mass is 10.2. The second-order valence-electron chi connectivity index (χ2n) is 3.98. The Kier molecular flexibility index (Phi) is 3.56. The van der Waals surface area contributed by atoms with E-state index in [2.05, 4.69) is 15.3 Å². The van der Waals surface area contributed by atoms with Crippen molar-refractivity contribution in [3.05, 3.63) is 52.1 Å². The van der Waals surface area contributed by atoms with E-state index in [-0.39, 0.29) is 11.4 Å². The quantitative estimate of drug-likeness (QED) is 0.493. The maximum absolute atomic E-state index is 10.6. The van der Waals surface area contributed by atoms with Crippen LogP contribution in [-0.2, 0) is 6.54 Å². The zero-order valence-corrected chi connectivity index (χ0v) is 10.3. The smallest absolute Gasteiger partial charge is 0.292 e. The molecular formula is C12H13N5O2. The molecule has 0 atom stereocenters. The molecule has 1 aromatic heterocycles. The van der Waals surface area contributed by atoms with Crippen LogP contribution in [0.25, 0.3) is 0 Å². The van der Waals surface area contributed by atoms with E-state index in [1.54, 1.807) is 18.3 Å². The topological polar surface area (TPSA) is 107 Å². The van der Waals surface area contributed by atoms with Crippen LogP contribution in [-0.4, -0.2) is 14.9 Å². The van der Waals surface area contributed by atoms with Crippen LogP contribution in [0.3, 0.4) is 0 Å². The van der Waals surface area contributed by atoms with Crippen LogP contribution >= 0.6 is 0 Å². The summed E-state index contributed by atoms with van der Waals surface area (Å²) in [7, 11) is 0. The van der Waals surface area contributed by atoms with Crippen molar-refractivity contribution < 1.29 is 4.92 Å². The molecule has 3 N–H and O–H groups in total. The predicted octanol–water partition coefficient (Wildman–Crippen LogP) is 1.89. The number of aryl methyl sites for hydroxylation is 1. The Morgan fingerprint density at radius 2 is 2.21 bits per heavy atom. The van der Waals surface area contributed by atoms with Crippen LogP contribution in [0.1, 0.15) is 11.5 Å². The molecule has 98 valence electrons. The third kappa shape index (κ3) is 3.15. The Labute approximate surface area is 109 Å². The minimum absolute atomic E-state index is 0.0940. The summed E-state index contributed by atoms with van der Waals surface area (Å²) in [5, 5.41) is 13.7. The number of aromatic nitrogens is 2. The minimum Gasteiger partial charge on any atom is -0.393 e. The van der Waals surface area contributed by atoms with E-state index in [0.717, 1.165) is 5.69 Å². The summed E-state index contributed by atoms with van der Waals surface area (Å²) in [6.45, 7) is 2.31. The molecular weight excluding hydrogens is 246 g/mol. The van der Waals surface area contributed by atoms with Crippen molar-refractivity contribution >= 4 is 17.1 Å². The number of hydrogen-bond acceptors (Lipinski definition) is 6. The summed E-state index contributed by atoms with van der Waals surface area (Å²) in [6.07, 6.45) is 1.68. The number of nitro benzene ring substituents is 1. The number of benzene rings is 1. The Morgan fingerprint density at radius 3 is 2.84 bits per heavy atom. The first-order valence-electron chi connectivity index (χ1n) is 5.62. The molecule has 0 spiro atoms. The molecule has 2 rings (SSSR count). The SMILES string of the molecule is Cc1nccc(CNc2ccc([N+](=O)[O-])c(N)c2)n1. The van der Waals surface area contributed by atoms with E-state index in [1.807, 2.05) is 6.92 Å². The number of nitrogens with one attached hydrogen (secondary N) is 1. The van der Waals surface area contributed by atoms with Crippen molar-refractivity contribution in [3.63, 3.8) is 0 Å². The van der Waals surface area contributed by atoms with Gasteiger partial charge in [-0.3, -0.25) is 10.1 Å². The van der Waals surface area contributed by atoms with E-state index in [0.29, 0.717) is 18.1 Å². The van der Waals surface area contributed by atoms with E-state index >= 15 is 0 Å². The van der Waals surface area contributed by atoms with Crippen LogP contribution in [0.2, 0.25) is 0 Å². The Balaban J connectivity index is 2.08. The van der Waals surface area contributed by atoms with Gasteiger partial charge in [-0.05, 0) is 25.1 Å². The predicted molar refractivity (Wildman–Crippen MR) is 71.6 cm³/mol. The first kappa shape index (κ1) is 12.7. The number of nitrogens with two attached hydrogens (primary N) is 1. The highest BCUT2D eigenvalue weighted by atomic mass is 16.6. The van der Waals surface area contributed by atoms with Crippen LogP contribution in [0, 0.1) is 17.0 Å². The lowest BCUT2D eigenvalue weighted by Gasteiger charge is -2.07. The molecule has 19 heavy (non-hydrogen) atoms. The Bertz CT molecular complexity index is 615. The van der Waals surface area contributed by atoms with E-state index < -0.39 is 4.92 Å². The number of nitro groups is 1. The third-order valence-electron chi connectivity index (χ3n) is 2.53. The van der Waals surface area contributed by atoms with Crippen molar-refractivity contribution in [2.24, 2.45) is 0 Å². The second-order valence-corrected chi connectivity index (χ2v) is 3.98. The zero-order chi connectivity index (χ0) is 13.8. The van der Waals surface area contributed by atoms with Gasteiger partial charge in [0.2, 0.25) is 0 Å². The first-order chi connectivity index (χ1) is 9.06. The highest BCUT2D eigenvalue weighted by Gasteiger charge is 2.10. The highest BCUT2D eigenvalue weighted by Crippen LogP contribution is 2.24. The average Bonchev–Trinajstić information content (AvgIpc) is 2.36. The number of hydrogen-bond donors (Lipinski definition) is 2. The third-order valence-corrected chi connectivity index (χ3v) is 2.53. The van der Waals surface area contributed by atoms with Gasteiger partial charge in [0.15, 0.2) is 0 Å². The van der Waals surface area contributed by atoms with Gasteiger partial charge in [-0.15, -0.1) is 0 Å². The molecule has 1 heterocycles. The van der Waals surface area contributed by atoms with Gasteiger partial charge in [0.1, 0.15) is 11.5 Å². The molecule has 0 fully saturated rings. The number of nitrogens with zero attached hydrogens (tertiary/aromatic N) is 3.